The number of hydrogen-bond donors (Lipinski definition) is 0. The van der Waals surface area contributed by atoms with Gasteiger partial charge in [0.1, 0.15) is 0 Å². The zero-order valence-electron chi connectivity index (χ0n) is 9.14. The van der Waals surface area contributed by atoms with Gasteiger partial charge >= 0.3 is 0 Å². The summed E-state index contributed by atoms with van der Waals surface area (Å²) in [6.45, 7) is 1.06. The van der Waals surface area contributed by atoms with Crippen LogP contribution in [0.25, 0.3) is 11.0 Å². The van der Waals surface area contributed by atoms with Gasteiger partial charge in [0.2, 0.25) is 0 Å². The molecule has 3 heteroatoms. The third-order valence-electron chi connectivity index (χ3n) is 3.31. The van der Waals surface area contributed by atoms with Crippen LogP contribution in [-0.4, -0.2) is 34.6 Å². The van der Waals surface area contributed by atoms with Gasteiger partial charge in [-0.2, -0.15) is 0 Å². The lowest BCUT2D eigenvalue weighted by atomic mass is 10.00. The molecule has 2 heterocycles. The standard InChI is InChI=1S/C12H15N3/c1-14(2)10-6-9-4-3-5-11-12(9)15(7-10)8-13-11/h3-5,8,10H,6-7H2,1-2H3/t10-/m1/s1. The van der Waals surface area contributed by atoms with E-state index in [0.29, 0.717) is 6.04 Å². The lowest BCUT2D eigenvalue weighted by Crippen LogP contribution is -2.36. The maximum absolute atomic E-state index is 4.43. The molecule has 0 bridgehead atoms. The lowest BCUT2D eigenvalue weighted by molar-refractivity contribution is 0.258. The average Bonchev–Trinajstić information content (AvgIpc) is 2.64. The van der Waals surface area contributed by atoms with E-state index in [-0.39, 0.29) is 0 Å². The van der Waals surface area contributed by atoms with E-state index in [1.54, 1.807) is 0 Å². The van der Waals surface area contributed by atoms with Crippen LogP contribution in [-0.2, 0) is 13.0 Å². The summed E-state index contributed by atoms with van der Waals surface area (Å²) < 4.78 is 2.28. The Balaban J connectivity index is 2.16. The van der Waals surface area contributed by atoms with Crippen LogP contribution in [0.3, 0.4) is 0 Å². The van der Waals surface area contributed by atoms with Crippen molar-refractivity contribution < 1.29 is 0 Å². The molecule has 0 spiro atoms. The fourth-order valence-corrected chi connectivity index (χ4v) is 2.40. The first kappa shape index (κ1) is 8.92. The van der Waals surface area contributed by atoms with Crippen LogP contribution >= 0.6 is 0 Å². The molecule has 0 radical (unpaired) electrons. The molecule has 0 unspecified atom stereocenters. The second-order valence-electron chi connectivity index (χ2n) is 4.50. The van der Waals surface area contributed by atoms with Crippen LogP contribution < -0.4 is 0 Å². The molecule has 0 fully saturated rings. The minimum Gasteiger partial charge on any atom is -0.329 e. The molecule has 0 saturated heterocycles. The summed E-state index contributed by atoms with van der Waals surface area (Å²) in [4.78, 5) is 6.72. The van der Waals surface area contributed by atoms with Crippen LogP contribution in [0.15, 0.2) is 24.5 Å². The maximum atomic E-state index is 4.43. The van der Waals surface area contributed by atoms with Gasteiger partial charge in [-0.3, -0.25) is 0 Å². The molecule has 3 rings (SSSR count). The Hall–Kier alpha value is -1.35. The highest BCUT2D eigenvalue weighted by atomic mass is 15.2. The first-order valence-electron chi connectivity index (χ1n) is 5.35. The smallest absolute Gasteiger partial charge is 0.0958 e. The van der Waals surface area contributed by atoms with Crippen molar-refractivity contribution in [2.45, 2.75) is 19.0 Å². The van der Waals surface area contributed by atoms with Crippen molar-refractivity contribution >= 4 is 11.0 Å². The van der Waals surface area contributed by atoms with Crippen molar-refractivity contribution in [2.24, 2.45) is 0 Å². The molecule has 3 nitrogen and oxygen atoms in total. The van der Waals surface area contributed by atoms with E-state index in [9.17, 15) is 0 Å². The molecular formula is C12H15N3. The quantitative estimate of drug-likeness (QED) is 0.697. The van der Waals surface area contributed by atoms with Crippen molar-refractivity contribution in [1.82, 2.24) is 14.5 Å². The Kier molecular flexibility index (Phi) is 1.83. The molecule has 1 aromatic heterocycles. The Morgan fingerprint density at radius 2 is 2.27 bits per heavy atom. The molecule has 1 aliphatic rings. The SMILES string of the molecule is CN(C)[C@@H]1Cc2cccc3ncn(c23)C1. The number of benzene rings is 1. The van der Waals surface area contributed by atoms with Crippen molar-refractivity contribution in [2.75, 3.05) is 14.1 Å². The molecule has 1 aliphatic heterocycles. The number of hydrogen-bond acceptors (Lipinski definition) is 2. The number of imidazole rings is 1. The summed E-state index contributed by atoms with van der Waals surface area (Å²) in [5.41, 5.74) is 3.88. The van der Waals surface area contributed by atoms with E-state index in [1.165, 1.54) is 11.1 Å². The molecule has 0 amide bonds. The topological polar surface area (TPSA) is 21.1 Å². The lowest BCUT2D eigenvalue weighted by Gasteiger charge is -2.29. The van der Waals surface area contributed by atoms with Gasteiger partial charge in [-0.1, -0.05) is 12.1 Å². The zero-order valence-corrected chi connectivity index (χ0v) is 9.14. The van der Waals surface area contributed by atoms with Gasteiger partial charge in [0, 0.05) is 12.6 Å². The fourth-order valence-electron chi connectivity index (χ4n) is 2.40. The minimum absolute atomic E-state index is 0.595. The largest absolute Gasteiger partial charge is 0.329 e. The van der Waals surface area contributed by atoms with E-state index in [2.05, 4.69) is 46.7 Å². The third kappa shape index (κ3) is 1.27. The van der Waals surface area contributed by atoms with Crippen molar-refractivity contribution in [3.05, 3.63) is 30.1 Å². The minimum atomic E-state index is 0.595. The van der Waals surface area contributed by atoms with Gasteiger partial charge < -0.3 is 9.47 Å². The van der Waals surface area contributed by atoms with Gasteiger partial charge in [-0.15, -0.1) is 0 Å². The normalized spacial score (nSPS) is 20.1. The molecule has 15 heavy (non-hydrogen) atoms. The number of para-hydroxylation sites is 1. The molecule has 0 N–H and O–H groups in total. The van der Waals surface area contributed by atoms with E-state index in [1.807, 2.05) is 6.33 Å². The Morgan fingerprint density at radius 1 is 1.40 bits per heavy atom. The molecule has 0 saturated carbocycles. The molecule has 0 aliphatic carbocycles. The van der Waals surface area contributed by atoms with Crippen LogP contribution in [0.5, 0.6) is 0 Å². The van der Waals surface area contributed by atoms with E-state index >= 15 is 0 Å². The van der Waals surface area contributed by atoms with Crippen LogP contribution in [0, 0.1) is 0 Å². The number of aromatic nitrogens is 2. The van der Waals surface area contributed by atoms with Gasteiger partial charge in [0.15, 0.2) is 0 Å². The summed E-state index contributed by atoms with van der Waals surface area (Å²) in [7, 11) is 4.29. The first-order chi connectivity index (χ1) is 7.25. The average molecular weight is 201 g/mol. The van der Waals surface area contributed by atoms with Crippen molar-refractivity contribution in [3.8, 4) is 0 Å². The second-order valence-corrected chi connectivity index (χ2v) is 4.50. The Bertz CT molecular complexity index is 499. The third-order valence-corrected chi connectivity index (χ3v) is 3.31. The predicted molar refractivity (Wildman–Crippen MR) is 60.9 cm³/mol. The summed E-state index contributed by atoms with van der Waals surface area (Å²) in [6.07, 6.45) is 3.10. The van der Waals surface area contributed by atoms with Crippen LogP contribution in [0.2, 0.25) is 0 Å². The molecule has 78 valence electrons. The van der Waals surface area contributed by atoms with Gasteiger partial charge in [0.05, 0.1) is 17.4 Å². The van der Waals surface area contributed by atoms with E-state index in [4.69, 9.17) is 0 Å². The van der Waals surface area contributed by atoms with E-state index < -0.39 is 0 Å². The molecule has 1 aromatic carbocycles. The molecule has 2 aromatic rings. The fraction of sp³-hybridized carbons (Fsp3) is 0.417. The predicted octanol–water partition coefficient (Wildman–Crippen LogP) is 1.52. The maximum Gasteiger partial charge on any atom is 0.0958 e. The first-order valence-corrected chi connectivity index (χ1v) is 5.35. The summed E-state index contributed by atoms with van der Waals surface area (Å²) >= 11 is 0. The summed E-state index contributed by atoms with van der Waals surface area (Å²) in [5, 5.41) is 0. The highest BCUT2D eigenvalue weighted by Gasteiger charge is 2.21. The van der Waals surface area contributed by atoms with Crippen molar-refractivity contribution in [1.29, 1.82) is 0 Å². The van der Waals surface area contributed by atoms with Gasteiger partial charge in [-0.25, -0.2) is 4.98 Å². The number of rotatable bonds is 1. The number of likely N-dealkylation sites (N-methyl/N-ethyl adjacent to an activating group) is 1. The van der Waals surface area contributed by atoms with Gasteiger partial charge in [0.25, 0.3) is 0 Å². The number of nitrogens with zero attached hydrogens (tertiary/aromatic N) is 3. The monoisotopic (exact) mass is 201 g/mol. The highest BCUT2D eigenvalue weighted by molar-refractivity contribution is 5.79. The van der Waals surface area contributed by atoms with Crippen LogP contribution in [0.1, 0.15) is 5.56 Å². The Labute approximate surface area is 89.3 Å². The van der Waals surface area contributed by atoms with Gasteiger partial charge in [-0.05, 0) is 32.1 Å². The van der Waals surface area contributed by atoms with E-state index in [0.717, 1.165) is 18.5 Å². The van der Waals surface area contributed by atoms with Crippen LogP contribution in [0.4, 0.5) is 0 Å². The summed E-state index contributed by atoms with van der Waals surface area (Å²) in [5.74, 6) is 0. The highest BCUT2D eigenvalue weighted by Crippen LogP contribution is 2.25. The van der Waals surface area contributed by atoms with Crippen molar-refractivity contribution in [3.63, 3.8) is 0 Å². The molecular weight excluding hydrogens is 186 g/mol. The summed E-state index contributed by atoms with van der Waals surface area (Å²) in [6, 6.07) is 7.01. The zero-order chi connectivity index (χ0) is 10.4. The molecule has 1 atom stereocenters. The Morgan fingerprint density at radius 3 is 3.07 bits per heavy atom. The second kappa shape index (κ2) is 3.07.